The van der Waals surface area contributed by atoms with E-state index in [9.17, 15) is 10.1 Å². The van der Waals surface area contributed by atoms with Crippen LogP contribution in [-0.4, -0.2) is 30.5 Å². The van der Waals surface area contributed by atoms with Gasteiger partial charge in [0.1, 0.15) is 11.9 Å². The van der Waals surface area contributed by atoms with Gasteiger partial charge in [-0.2, -0.15) is 5.26 Å². The van der Waals surface area contributed by atoms with Crippen molar-refractivity contribution in [2.45, 2.75) is 26.7 Å². The van der Waals surface area contributed by atoms with Crippen molar-refractivity contribution in [3.63, 3.8) is 0 Å². The molecule has 0 N–H and O–H groups in total. The van der Waals surface area contributed by atoms with Crippen LogP contribution in [0.4, 0.5) is 11.5 Å². The van der Waals surface area contributed by atoms with Crippen molar-refractivity contribution in [3.05, 3.63) is 51.7 Å². The minimum atomic E-state index is -0.0826. The Kier molecular flexibility index (Phi) is 4.53. The van der Waals surface area contributed by atoms with Crippen LogP contribution in [0.3, 0.4) is 0 Å². The van der Waals surface area contributed by atoms with Gasteiger partial charge in [-0.05, 0) is 43.9 Å². The first-order valence-corrected chi connectivity index (χ1v) is 9.60. The van der Waals surface area contributed by atoms with Crippen LogP contribution in [0.25, 0.3) is 0 Å². The number of aromatic nitrogens is 1. The summed E-state index contributed by atoms with van der Waals surface area (Å²) in [5.74, 6) is 0.734. The van der Waals surface area contributed by atoms with Gasteiger partial charge >= 0.3 is 0 Å². The Morgan fingerprint density at radius 1 is 1.30 bits per heavy atom. The summed E-state index contributed by atoms with van der Waals surface area (Å²) in [5.41, 5.74) is 4.25. The minimum absolute atomic E-state index is 0.0826. The van der Waals surface area contributed by atoms with E-state index < -0.39 is 0 Å². The summed E-state index contributed by atoms with van der Waals surface area (Å²) < 4.78 is 0. The standard InChI is InChI=1S/C21H21ClN4O/c1-13-17(11-23)20(24-14(2)19(13)22)25-9-7-16(12-25)21(27)26-10-8-15-5-3-4-6-18(15)26/h3-6,16H,7-10,12H2,1-2H3. The molecule has 0 saturated carbocycles. The fraction of sp³-hybridized carbons (Fsp3) is 0.381. The first-order valence-electron chi connectivity index (χ1n) is 9.22. The first-order chi connectivity index (χ1) is 13.0. The van der Waals surface area contributed by atoms with Crippen molar-refractivity contribution in [2.24, 2.45) is 5.92 Å². The lowest BCUT2D eigenvalue weighted by atomic mass is 10.1. The van der Waals surface area contributed by atoms with Crippen LogP contribution in [0.2, 0.25) is 5.02 Å². The number of rotatable bonds is 2. The third kappa shape index (κ3) is 2.94. The largest absolute Gasteiger partial charge is 0.355 e. The van der Waals surface area contributed by atoms with Crippen LogP contribution < -0.4 is 9.80 Å². The van der Waals surface area contributed by atoms with E-state index in [1.807, 2.05) is 36.9 Å². The van der Waals surface area contributed by atoms with Gasteiger partial charge < -0.3 is 9.80 Å². The number of nitrogens with zero attached hydrogens (tertiary/aromatic N) is 4. The molecule has 3 heterocycles. The number of para-hydroxylation sites is 1. The molecule has 1 atom stereocenters. The maximum atomic E-state index is 13.1. The van der Waals surface area contributed by atoms with Crippen LogP contribution in [0, 0.1) is 31.1 Å². The number of aryl methyl sites for hydroxylation is 1. The van der Waals surface area contributed by atoms with E-state index in [0.717, 1.165) is 30.6 Å². The Morgan fingerprint density at radius 3 is 2.85 bits per heavy atom. The molecule has 1 unspecified atom stereocenters. The maximum absolute atomic E-state index is 13.1. The molecule has 1 fully saturated rings. The summed E-state index contributed by atoms with van der Waals surface area (Å²) >= 11 is 6.26. The zero-order valence-corrected chi connectivity index (χ0v) is 16.3. The second-order valence-corrected chi connectivity index (χ2v) is 7.62. The molecule has 0 aliphatic carbocycles. The average Bonchev–Trinajstić information content (AvgIpc) is 3.32. The number of amides is 1. The zero-order chi connectivity index (χ0) is 19.1. The van der Waals surface area contributed by atoms with E-state index in [1.165, 1.54) is 5.56 Å². The average molecular weight is 381 g/mol. The van der Waals surface area contributed by atoms with Gasteiger partial charge in [-0.25, -0.2) is 4.98 Å². The highest BCUT2D eigenvalue weighted by Crippen LogP contribution is 2.34. The van der Waals surface area contributed by atoms with E-state index in [-0.39, 0.29) is 11.8 Å². The molecule has 2 aliphatic heterocycles. The number of halogens is 1. The van der Waals surface area contributed by atoms with Gasteiger partial charge in [0.2, 0.25) is 5.91 Å². The second-order valence-electron chi connectivity index (χ2n) is 7.25. The van der Waals surface area contributed by atoms with Crippen LogP contribution in [0.15, 0.2) is 24.3 Å². The highest BCUT2D eigenvalue weighted by Gasteiger charge is 2.36. The summed E-state index contributed by atoms with van der Waals surface area (Å²) in [6.45, 7) is 5.74. The Labute approximate surface area is 164 Å². The SMILES string of the molecule is Cc1nc(N2CCC(C(=O)N3CCc4ccccc43)C2)c(C#N)c(C)c1Cl. The third-order valence-corrected chi connectivity index (χ3v) is 6.18. The monoisotopic (exact) mass is 380 g/mol. The molecule has 6 heteroatoms. The number of fused-ring (bicyclic) bond motifs is 1. The normalized spacial score (nSPS) is 18.5. The molecule has 138 valence electrons. The molecule has 27 heavy (non-hydrogen) atoms. The minimum Gasteiger partial charge on any atom is -0.355 e. The van der Waals surface area contributed by atoms with Gasteiger partial charge in [0.15, 0.2) is 0 Å². The number of anilines is 2. The van der Waals surface area contributed by atoms with Gasteiger partial charge in [-0.1, -0.05) is 29.8 Å². The zero-order valence-electron chi connectivity index (χ0n) is 15.5. The van der Waals surface area contributed by atoms with E-state index in [2.05, 4.69) is 22.0 Å². The number of hydrogen-bond acceptors (Lipinski definition) is 4. The van der Waals surface area contributed by atoms with Crippen molar-refractivity contribution in [3.8, 4) is 6.07 Å². The predicted molar refractivity (Wildman–Crippen MR) is 106 cm³/mol. The molecular formula is C21H21ClN4O. The molecule has 1 aromatic heterocycles. The van der Waals surface area contributed by atoms with Crippen molar-refractivity contribution in [2.75, 3.05) is 29.4 Å². The third-order valence-electron chi connectivity index (χ3n) is 5.62. The predicted octanol–water partition coefficient (Wildman–Crippen LogP) is 3.64. The van der Waals surface area contributed by atoms with E-state index in [0.29, 0.717) is 35.2 Å². The van der Waals surface area contributed by atoms with Crippen LogP contribution in [0.5, 0.6) is 0 Å². The van der Waals surface area contributed by atoms with Crippen LogP contribution in [-0.2, 0) is 11.2 Å². The molecular weight excluding hydrogens is 360 g/mol. The molecule has 1 aromatic carbocycles. The van der Waals surface area contributed by atoms with E-state index in [1.54, 1.807) is 0 Å². The Balaban J connectivity index is 1.57. The number of nitriles is 1. The lowest BCUT2D eigenvalue weighted by molar-refractivity contribution is -0.121. The highest BCUT2D eigenvalue weighted by molar-refractivity contribution is 6.32. The Bertz CT molecular complexity index is 965. The summed E-state index contributed by atoms with van der Waals surface area (Å²) in [6.07, 6.45) is 1.68. The maximum Gasteiger partial charge on any atom is 0.231 e. The quantitative estimate of drug-likeness (QED) is 0.798. The lowest BCUT2D eigenvalue weighted by Crippen LogP contribution is -2.36. The smallest absolute Gasteiger partial charge is 0.231 e. The molecule has 5 nitrogen and oxygen atoms in total. The molecule has 1 amide bonds. The number of pyridine rings is 1. The number of carbonyl (C=O) groups is 1. The number of benzene rings is 1. The topological polar surface area (TPSA) is 60.2 Å². The molecule has 0 spiro atoms. The summed E-state index contributed by atoms with van der Waals surface area (Å²) in [6, 6.07) is 10.3. The van der Waals surface area contributed by atoms with Crippen molar-refractivity contribution in [1.29, 1.82) is 5.26 Å². The van der Waals surface area contributed by atoms with Crippen molar-refractivity contribution in [1.82, 2.24) is 4.98 Å². The fourth-order valence-electron chi connectivity index (χ4n) is 4.12. The van der Waals surface area contributed by atoms with Gasteiger partial charge in [0, 0.05) is 25.3 Å². The molecule has 0 bridgehead atoms. The first kappa shape index (κ1) is 17.8. The number of carbonyl (C=O) groups excluding carboxylic acids is 1. The van der Waals surface area contributed by atoms with E-state index in [4.69, 9.17) is 11.6 Å². The highest BCUT2D eigenvalue weighted by atomic mass is 35.5. The molecule has 2 aromatic rings. The molecule has 0 radical (unpaired) electrons. The number of hydrogen-bond donors (Lipinski definition) is 0. The van der Waals surface area contributed by atoms with Crippen LogP contribution in [0.1, 0.15) is 28.8 Å². The summed E-state index contributed by atoms with van der Waals surface area (Å²) in [7, 11) is 0. The summed E-state index contributed by atoms with van der Waals surface area (Å²) in [5, 5.41) is 10.1. The van der Waals surface area contributed by atoms with Gasteiger partial charge in [-0.15, -0.1) is 0 Å². The molecule has 1 saturated heterocycles. The van der Waals surface area contributed by atoms with Gasteiger partial charge in [0.05, 0.1) is 22.2 Å². The molecule has 4 rings (SSSR count). The van der Waals surface area contributed by atoms with Gasteiger partial charge in [-0.3, -0.25) is 4.79 Å². The summed E-state index contributed by atoms with van der Waals surface area (Å²) in [4.78, 5) is 21.7. The fourth-order valence-corrected chi connectivity index (χ4v) is 4.25. The Morgan fingerprint density at radius 2 is 2.07 bits per heavy atom. The Hall–Kier alpha value is -2.58. The van der Waals surface area contributed by atoms with Gasteiger partial charge in [0.25, 0.3) is 0 Å². The van der Waals surface area contributed by atoms with E-state index >= 15 is 0 Å². The van der Waals surface area contributed by atoms with Crippen molar-refractivity contribution >= 4 is 29.0 Å². The second kappa shape index (κ2) is 6.86. The van der Waals surface area contributed by atoms with Crippen LogP contribution >= 0.6 is 11.6 Å². The molecule has 2 aliphatic rings. The lowest BCUT2D eigenvalue weighted by Gasteiger charge is -2.23. The van der Waals surface area contributed by atoms with Crippen molar-refractivity contribution < 1.29 is 4.79 Å².